The van der Waals surface area contributed by atoms with Crippen LogP contribution in [0.3, 0.4) is 0 Å². The second-order valence-electron chi connectivity index (χ2n) is 14.7. The molecule has 0 amide bonds. The molecule has 256 valence electrons. The van der Waals surface area contributed by atoms with Crippen LogP contribution in [0.15, 0.2) is 212 Å². The topological polar surface area (TPSA) is 12.9 Å². The highest BCUT2D eigenvalue weighted by Crippen LogP contribution is 2.63. The molecule has 1 heterocycles. The third-order valence-electron chi connectivity index (χ3n) is 11.7. The van der Waals surface area contributed by atoms with E-state index in [4.69, 9.17) is 4.98 Å². The monoisotopic (exact) mass is 697 g/mol. The molecule has 0 fully saturated rings. The van der Waals surface area contributed by atoms with Crippen LogP contribution in [0.25, 0.3) is 78.1 Å². The molecule has 2 aliphatic carbocycles. The zero-order chi connectivity index (χ0) is 36.3. The Morgan fingerprint density at radius 3 is 1.13 bits per heavy atom. The van der Waals surface area contributed by atoms with Crippen LogP contribution < -0.4 is 0 Å². The van der Waals surface area contributed by atoms with Crippen molar-refractivity contribution < 1.29 is 0 Å². The van der Waals surface area contributed by atoms with E-state index in [0.717, 1.165) is 28.1 Å². The number of hydrogen-bond donors (Lipinski definition) is 0. The molecular formula is C54H35N. The molecule has 2 aliphatic rings. The van der Waals surface area contributed by atoms with Gasteiger partial charge in [-0.1, -0.05) is 188 Å². The Bertz CT molecular complexity index is 2780. The summed E-state index contributed by atoms with van der Waals surface area (Å²) in [5.41, 5.74) is 21.7. The predicted octanol–water partition coefficient (Wildman–Crippen LogP) is 13.8. The van der Waals surface area contributed by atoms with Gasteiger partial charge in [-0.25, -0.2) is 4.98 Å². The standard InChI is InChI=1S/C54H35N/c1-3-14-38(15-4-1)52-34-43(35-53(55-52)39-16-5-2-6-17-39)41-19-13-18-40(32-41)36-26-28-37(29-27-36)42-30-31-47-46-22-9-12-25-50(46)54(51(47)33-42)48-23-10-7-20-44(48)45-21-8-11-24-49(45)54/h1-35H. The summed E-state index contributed by atoms with van der Waals surface area (Å²) in [5, 5.41) is 0. The normalized spacial score (nSPS) is 12.9. The Morgan fingerprint density at radius 1 is 0.236 bits per heavy atom. The summed E-state index contributed by atoms with van der Waals surface area (Å²) in [7, 11) is 0. The minimum absolute atomic E-state index is 0.344. The molecule has 9 aromatic rings. The molecule has 1 nitrogen and oxygen atoms in total. The van der Waals surface area contributed by atoms with Gasteiger partial charge in [0.1, 0.15) is 0 Å². The summed E-state index contributed by atoms with van der Waals surface area (Å²) in [6.07, 6.45) is 0. The van der Waals surface area contributed by atoms with Crippen molar-refractivity contribution in [3.63, 3.8) is 0 Å². The van der Waals surface area contributed by atoms with E-state index in [0.29, 0.717) is 0 Å². The highest BCUT2D eigenvalue weighted by atomic mass is 14.7. The van der Waals surface area contributed by atoms with E-state index in [9.17, 15) is 0 Å². The number of hydrogen-bond acceptors (Lipinski definition) is 1. The molecule has 1 aromatic heterocycles. The van der Waals surface area contributed by atoms with Crippen LogP contribution in [0.5, 0.6) is 0 Å². The molecule has 0 unspecified atom stereocenters. The van der Waals surface area contributed by atoms with E-state index in [-0.39, 0.29) is 5.41 Å². The third kappa shape index (κ3) is 4.90. The van der Waals surface area contributed by atoms with E-state index >= 15 is 0 Å². The first-order valence-electron chi connectivity index (χ1n) is 19.0. The SMILES string of the molecule is c1ccc(-c2cc(-c3cccc(-c4ccc(-c5ccc6c(c5)C5(c7ccccc7-c7ccccc75)c5ccccc5-6)cc4)c3)cc(-c3ccccc3)n2)cc1. The van der Waals surface area contributed by atoms with Gasteiger partial charge in [-0.3, -0.25) is 0 Å². The fourth-order valence-corrected chi connectivity index (χ4v) is 9.22. The summed E-state index contributed by atoms with van der Waals surface area (Å²) in [4.78, 5) is 5.10. The van der Waals surface area contributed by atoms with E-state index in [1.54, 1.807) is 0 Å². The molecule has 0 atom stereocenters. The highest BCUT2D eigenvalue weighted by molar-refractivity contribution is 5.96. The molecule has 8 aromatic carbocycles. The fraction of sp³-hybridized carbons (Fsp3) is 0.0185. The first kappa shape index (κ1) is 31.4. The first-order chi connectivity index (χ1) is 27.3. The lowest BCUT2D eigenvalue weighted by molar-refractivity contribution is 0.794. The lowest BCUT2D eigenvalue weighted by atomic mass is 9.70. The van der Waals surface area contributed by atoms with Crippen LogP contribution in [-0.4, -0.2) is 4.98 Å². The molecule has 55 heavy (non-hydrogen) atoms. The first-order valence-corrected chi connectivity index (χ1v) is 19.0. The lowest BCUT2D eigenvalue weighted by Gasteiger charge is -2.30. The molecule has 0 radical (unpaired) electrons. The van der Waals surface area contributed by atoms with E-state index in [2.05, 4.69) is 200 Å². The minimum Gasteiger partial charge on any atom is -0.248 e. The van der Waals surface area contributed by atoms with Crippen LogP contribution in [-0.2, 0) is 5.41 Å². The maximum atomic E-state index is 5.10. The van der Waals surface area contributed by atoms with Crippen molar-refractivity contribution in [3.8, 4) is 78.1 Å². The highest BCUT2D eigenvalue weighted by Gasteiger charge is 2.51. The summed E-state index contributed by atoms with van der Waals surface area (Å²) < 4.78 is 0. The Kier molecular flexibility index (Phi) is 7.15. The maximum absolute atomic E-state index is 5.10. The van der Waals surface area contributed by atoms with Crippen molar-refractivity contribution in [2.75, 3.05) is 0 Å². The quantitative estimate of drug-likeness (QED) is 0.174. The molecule has 0 N–H and O–H groups in total. The van der Waals surface area contributed by atoms with Gasteiger partial charge in [-0.05, 0) is 102 Å². The van der Waals surface area contributed by atoms with Crippen molar-refractivity contribution in [2.45, 2.75) is 5.41 Å². The van der Waals surface area contributed by atoms with E-state index < -0.39 is 0 Å². The number of pyridine rings is 1. The average Bonchev–Trinajstić information content (AvgIpc) is 3.74. The van der Waals surface area contributed by atoms with Gasteiger partial charge in [0, 0.05) is 11.1 Å². The second kappa shape index (κ2) is 12.5. The zero-order valence-electron chi connectivity index (χ0n) is 30.2. The second-order valence-corrected chi connectivity index (χ2v) is 14.7. The summed E-state index contributed by atoms with van der Waals surface area (Å²) >= 11 is 0. The number of fused-ring (bicyclic) bond motifs is 10. The summed E-state index contributed by atoms with van der Waals surface area (Å²) in [6.45, 7) is 0. The summed E-state index contributed by atoms with van der Waals surface area (Å²) in [5.74, 6) is 0. The Morgan fingerprint density at radius 2 is 0.618 bits per heavy atom. The van der Waals surface area contributed by atoms with Crippen molar-refractivity contribution >= 4 is 0 Å². The van der Waals surface area contributed by atoms with Gasteiger partial charge in [0.15, 0.2) is 0 Å². The van der Waals surface area contributed by atoms with Gasteiger partial charge in [-0.2, -0.15) is 0 Å². The van der Waals surface area contributed by atoms with Crippen molar-refractivity contribution in [2.24, 2.45) is 0 Å². The molecule has 1 spiro atoms. The molecule has 0 saturated heterocycles. The van der Waals surface area contributed by atoms with Crippen LogP contribution in [0.2, 0.25) is 0 Å². The average molecular weight is 698 g/mol. The van der Waals surface area contributed by atoms with Gasteiger partial charge in [-0.15, -0.1) is 0 Å². The van der Waals surface area contributed by atoms with Crippen molar-refractivity contribution in [1.82, 2.24) is 4.98 Å². The van der Waals surface area contributed by atoms with E-state index in [1.165, 1.54) is 72.3 Å². The van der Waals surface area contributed by atoms with Gasteiger partial charge in [0.05, 0.1) is 16.8 Å². The fourth-order valence-electron chi connectivity index (χ4n) is 9.22. The third-order valence-corrected chi connectivity index (χ3v) is 11.7. The Labute approximate surface area is 321 Å². The number of aromatic nitrogens is 1. The van der Waals surface area contributed by atoms with Gasteiger partial charge >= 0.3 is 0 Å². The van der Waals surface area contributed by atoms with Gasteiger partial charge < -0.3 is 0 Å². The number of rotatable bonds is 5. The van der Waals surface area contributed by atoms with E-state index in [1.807, 2.05) is 12.1 Å². The van der Waals surface area contributed by atoms with Crippen LogP contribution >= 0.6 is 0 Å². The number of nitrogens with zero attached hydrogens (tertiary/aromatic N) is 1. The van der Waals surface area contributed by atoms with Crippen molar-refractivity contribution in [3.05, 3.63) is 235 Å². The van der Waals surface area contributed by atoms with Gasteiger partial charge in [0.2, 0.25) is 0 Å². The predicted molar refractivity (Wildman–Crippen MR) is 228 cm³/mol. The van der Waals surface area contributed by atoms with Gasteiger partial charge in [0.25, 0.3) is 0 Å². The van der Waals surface area contributed by atoms with Crippen LogP contribution in [0, 0.1) is 0 Å². The Hall–Kier alpha value is -7.09. The lowest BCUT2D eigenvalue weighted by Crippen LogP contribution is -2.25. The number of benzene rings is 8. The minimum atomic E-state index is -0.344. The molecule has 1 heteroatoms. The largest absolute Gasteiger partial charge is 0.248 e. The summed E-state index contributed by atoms with van der Waals surface area (Å²) in [6, 6.07) is 77.4. The Balaban J connectivity index is 0.982. The molecule has 0 bridgehead atoms. The van der Waals surface area contributed by atoms with Crippen LogP contribution in [0.4, 0.5) is 0 Å². The van der Waals surface area contributed by atoms with Crippen molar-refractivity contribution in [1.29, 1.82) is 0 Å². The molecule has 11 rings (SSSR count). The molecular weight excluding hydrogens is 663 g/mol. The smallest absolute Gasteiger partial charge is 0.0725 e. The zero-order valence-corrected chi connectivity index (χ0v) is 30.2. The maximum Gasteiger partial charge on any atom is 0.0725 e. The molecule has 0 saturated carbocycles. The molecule has 0 aliphatic heterocycles. The van der Waals surface area contributed by atoms with Crippen LogP contribution in [0.1, 0.15) is 22.3 Å².